The normalized spacial score (nSPS) is 26.7. The van der Waals surface area contributed by atoms with Gasteiger partial charge in [0, 0.05) is 17.2 Å². The lowest BCUT2D eigenvalue weighted by Crippen LogP contribution is -2.63. The molecule has 0 saturated heterocycles. The van der Waals surface area contributed by atoms with Gasteiger partial charge in [0.25, 0.3) is 5.91 Å². The fourth-order valence-electron chi connectivity index (χ4n) is 5.72. The summed E-state index contributed by atoms with van der Waals surface area (Å²) in [6.07, 6.45) is 9.32. The molecule has 0 radical (unpaired) electrons. The molecule has 2 N–H and O–H groups in total. The molecule has 1 aromatic carbocycles. The average Bonchev–Trinajstić information content (AvgIpc) is 3.11. The smallest absolute Gasteiger partial charge is 0.303 e. The van der Waals surface area contributed by atoms with E-state index in [1.165, 1.54) is 17.4 Å². The number of fused-ring (bicyclic) bond motifs is 3. The molecule has 3 aliphatic rings. The number of amides is 1. The topological polar surface area (TPSA) is 66.4 Å². The molecule has 3 aliphatic carbocycles. The molecule has 3 saturated carbocycles. The number of benzene rings is 1. The maximum absolute atomic E-state index is 13.4. The van der Waals surface area contributed by atoms with E-state index in [0.29, 0.717) is 18.3 Å². The second-order valence-electron chi connectivity index (χ2n) is 9.95. The zero-order valence-corrected chi connectivity index (χ0v) is 19.5. The summed E-state index contributed by atoms with van der Waals surface area (Å²) < 4.78 is 1.08. The quantitative estimate of drug-likeness (QED) is 0.381. The van der Waals surface area contributed by atoms with Crippen LogP contribution in [0.15, 0.2) is 35.7 Å². The Bertz CT molecular complexity index is 1010. The van der Waals surface area contributed by atoms with E-state index < -0.39 is 5.97 Å². The highest BCUT2D eigenvalue weighted by Crippen LogP contribution is 2.61. The largest absolute Gasteiger partial charge is 0.481 e. The van der Waals surface area contributed by atoms with Crippen molar-refractivity contribution in [2.45, 2.75) is 65.3 Å². The van der Waals surface area contributed by atoms with Gasteiger partial charge in [-0.1, -0.05) is 38.1 Å². The van der Waals surface area contributed by atoms with Crippen molar-refractivity contribution < 1.29 is 14.7 Å². The number of thiophene rings is 1. The molecule has 5 heteroatoms. The highest BCUT2D eigenvalue weighted by Gasteiger charge is 2.57. The van der Waals surface area contributed by atoms with Gasteiger partial charge in [0.15, 0.2) is 0 Å². The second kappa shape index (κ2) is 8.78. The lowest BCUT2D eigenvalue weighted by molar-refractivity contribution is -0.137. The Morgan fingerprint density at radius 3 is 2.81 bits per heavy atom. The number of carboxylic acid groups (broad SMARTS) is 1. The van der Waals surface area contributed by atoms with E-state index in [4.69, 9.17) is 5.11 Å². The van der Waals surface area contributed by atoms with Crippen LogP contribution in [0.5, 0.6) is 0 Å². The van der Waals surface area contributed by atoms with Gasteiger partial charge in [-0.3, -0.25) is 9.59 Å². The number of carbonyl (C=O) groups excluding carboxylic acids is 1. The number of hydrogen-bond donors (Lipinski definition) is 2. The molecule has 1 heterocycles. The van der Waals surface area contributed by atoms with Crippen LogP contribution in [-0.4, -0.2) is 23.0 Å². The highest BCUT2D eigenvalue weighted by molar-refractivity contribution is 7.17. The first-order chi connectivity index (χ1) is 14.8. The summed E-state index contributed by atoms with van der Waals surface area (Å²) >= 11 is 1.65. The van der Waals surface area contributed by atoms with E-state index in [2.05, 4.69) is 49.7 Å². The summed E-state index contributed by atoms with van der Waals surface area (Å²) in [5, 5.41) is 15.5. The third-order valence-corrected chi connectivity index (χ3v) is 8.92. The number of aryl methyl sites for hydroxylation is 1. The molecule has 3 fully saturated rings. The maximum Gasteiger partial charge on any atom is 0.303 e. The summed E-state index contributed by atoms with van der Waals surface area (Å²) in [5.74, 6) is 1.01. The molecule has 1 amide bonds. The Labute approximate surface area is 188 Å². The van der Waals surface area contributed by atoms with Crippen LogP contribution in [0.3, 0.4) is 0 Å². The molecule has 5 rings (SSSR count). The molecule has 4 atom stereocenters. The average molecular weight is 440 g/mol. The van der Waals surface area contributed by atoms with Crippen LogP contribution < -0.4 is 5.32 Å². The molecular formula is C26H33NO3S. The predicted octanol–water partition coefficient (Wildman–Crippen LogP) is 6.19. The number of unbranched alkanes of at least 4 members (excludes halogenated alkanes) is 1. The van der Waals surface area contributed by atoms with Gasteiger partial charge in [-0.2, -0.15) is 0 Å². The minimum atomic E-state index is -0.735. The summed E-state index contributed by atoms with van der Waals surface area (Å²) in [6.45, 7) is 6.80. The van der Waals surface area contributed by atoms with Crippen molar-refractivity contribution in [3.8, 4) is 0 Å². The molecule has 1 aromatic heterocycles. The summed E-state index contributed by atoms with van der Waals surface area (Å²) in [5.41, 5.74) is 2.30. The van der Waals surface area contributed by atoms with E-state index in [1.807, 2.05) is 12.1 Å². The third-order valence-electron chi connectivity index (χ3n) is 7.78. The number of hydrogen-bond acceptors (Lipinski definition) is 3. The van der Waals surface area contributed by atoms with Gasteiger partial charge >= 0.3 is 5.97 Å². The van der Waals surface area contributed by atoms with Gasteiger partial charge in [-0.05, 0) is 84.6 Å². The monoisotopic (exact) mass is 439 g/mol. The van der Waals surface area contributed by atoms with Gasteiger partial charge in [0.05, 0.1) is 5.56 Å². The lowest BCUT2D eigenvalue weighted by Gasteiger charge is -2.62. The van der Waals surface area contributed by atoms with E-state index in [0.717, 1.165) is 35.4 Å². The third kappa shape index (κ3) is 4.30. The lowest BCUT2D eigenvalue weighted by atomic mass is 9.44. The van der Waals surface area contributed by atoms with E-state index in [1.54, 1.807) is 11.3 Å². The molecule has 31 heavy (non-hydrogen) atoms. The van der Waals surface area contributed by atoms with Crippen molar-refractivity contribution in [1.29, 1.82) is 0 Å². The van der Waals surface area contributed by atoms with Crippen LogP contribution in [0.2, 0.25) is 0 Å². The second-order valence-corrected chi connectivity index (χ2v) is 10.8. The number of rotatable bonds is 8. The Morgan fingerprint density at radius 1 is 1.26 bits per heavy atom. The fraction of sp³-hybridized carbons (Fsp3) is 0.538. The summed E-state index contributed by atoms with van der Waals surface area (Å²) in [7, 11) is 0. The number of allylic oxidation sites excluding steroid dienone is 2. The standard InChI is InChI=1S/C26H33NO3S/c1-16-15-31-24-19(16)10-8-11-20(24)25(30)27-23-17(9-6-4-5-7-12-22(28)29)13-18-14-21(23)26(18,2)3/h4,6,8,10-11,15,17-18,21,23H,5,7,9,12-14H2,1-3H3,(H,27,30)(H,28,29)/t17-,18+,21+,23?/m0/s1. The fourth-order valence-corrected chi connectivity index (χ4v) is 6.79. The Kier molecular flexibility index (Phi) is 6.25. The minimum absolute atomic E-state index is 0.0500. The number of aliphatic carboxylic acids is 1. The van der Waals surface area contributed by atoms with Crippen molar-refractivity contribution in [3.05, 3.63) is 46.9 Å². The Morgan fingerprint density at radius 2 is 2.06 bits per heavy atom. The highest BCUT2D eigenvalue weighted by atomic mass is 32.1. The van der Waals surface area contributed by atoms with Crippen LogP contribution in [0.1, 0.15) is 68.3 Å². The SMILES string of the molecule is Cc1csc2c(C(=O)NC3[C@@H](CC=CCCCC(=O)O)C[C@@H]4C[C@H]3C4(C)C)cccc12. The Hall–Kier alpha value is -2.14. The molecule has 1 unspecified atom stereocenters. The number of nitrogens with one attached hydrogen (secondary N) is 1. The number of carbonyl (C=O) groups is 2. The maximum atomic E-state index is 13.4. The van der Waals surface area contributed by atoms with Crippen molar-refractivity contribution >= 4 is 33.3 Å². The van der Waals surface area contributed by atoms with Crippen molar-refractivity contribution in [2.24, 2.45) is 23.2 Å². The van der Waals surface area contributed by atoms with Gasteiger partial charge in [0.1, 0.15) is 0 Å². The van der Waals surface area contributed by atoms with Crippen LogP contribution in [0, 0.1) is 30.1 Å². The zero-order valence-electron chi connectivity index (χ0n) is 18.7. The van der Waals surface area contributed by atoms with Gasteiger partial charge < -0.3 is 10.4 Å². The van der Waals surface area contributed by atoms with Crippen molar-refractivity contribution in [3.63, 3.8) is 0 Å². The van der Waals surface area contributed by atoms with E-state index >= 15 is 0 Å². The van der Waals surface area contributed by atoms with Crippen LogP contribution >= 0.6 is 11.3 Å². The predicted molar refractivity (Wildman–Crippen MR) is 127 cm³/mol. The first kappa shape index (κ1) is 22.1. The van der Waals surface area contributed by atoms with Crippen LogP contribution in [0.4, 0.5) is 0 Å². The van der Waals surface area contributed by atoms with Crippen LogP contribution in [-0.2, 0) is 4.79 Å². The van der Waals surface area contributed by atoms with E-state index in [9.17, 15) is 9.59 Å². The van der Waals surface area contributed by atoms with E-state index in [-0.39, 0.29) is 23.8 Å². The summed E-state index contributed by atoms with van der Waals surface area (Å²) in [4.78, 5) is 24.0. The molecule has 2 aromatic rings. The number of carboxylic acids is 1. The molecule has 4 nitrogen and oxygen atoms in total. The van der Waals surface area contributed by atoms with Crippen molar-refractivity contribution in [1.82, 2.24) is 5.32 Å². The van der Waals surface area contributed by atoms with Crippen molar-refractivity contribution in [2.75, 3.05) is 0 Å². The molecule has 0 spiro atoms. The first-order valence-corrected chi connectivity index (χ1v) is 12.3. The van der Waals surface area contributed by atoms with Gasteiger partial charge in [-0.25, -0.2) is 0 Å². The molecule has 2 bridgehead atoms. The summed E-state index contributed by atoms with van der Waals surface area (Å²) in [6, 6.07) is 6.21. The first-order valence-electron chi connectivity index (χ1n) is 11.4. The van der Waals surface area contributed by atoms with Gasteiger partial charge in [-0.15, -0.1) is 11.3 Å². The van der Waals surface area contributed by atoms with Gasteiger partial charge in [0.2, 0.25) is 0 Å². The molecule has 166 valence electrons. The Balaban J connectivity index is 1.47. The zero-order chi connectivity index (χ0) is 22.2. The van der Waals surface area contributed by atoms with Crippen LogP contribution in [0.25, 0.3) is 10.1 Å². The molecule has 0 aliphatic heterocycles. The molecular weight excluding hydrogens is 406 g/mol. The minimum Gasteiger partial charge on any atom is -0.481 e.